The Morgan fingerprint density at radius 3 is 2.72 bits per heavy atom. The molecule has 5 heteroatoms. The maximum Gasteiger partial charge on any atom is 0.236 e. The Balaban J connectivity index is 2.46. The fraction of sp³-hybridized carbons (Fsp3) is 0.462. The second-order valence-electron chi connectivity index (χ2n) is 4.21. The van der Waals surface area contributed by atoms with Gasteiger partial charge in [0.05, 0.1) is 6.04 Å². The van der Waals surface area contributed by atoms with Crippen LogP contribution in [0.2, 0.25) is 0 Å². The zero-order valence-corrected chi connectivity index (χ0v) is 10.7. The zero-order valence-electron chi connectivity index (χ0n) is 10.7. The summed E-state index contributed by atoms with van der Waals surface area (Å²) in [6.07, 6.45) is 0.900. The van der Waals surface area contributed by atoms with Crippen LogP contribution in [0.25, 0.3) is 0 Å². The van der Waals surface area contributed by atoms with Crippen molar-refractivity contribution in [1.29, 1.82) is 0 Å². The van der Waals surface area contributed by atoms with Crippen LogP contribution in [0.15, 0.2) is 18.2 Å². The molecule has 0 aliphatic carbocycles. The van der Waals surface area contributed by atoms with Crippen LogP contribution in [-0.2, 0) is 11.3 Å². The van der Waals surface area contributed by atoms with Crippen LogP contribution in [0.4, 0.5) is 0 Å². The molecule has 0 aliphatic rings. The minimum atomic E-state index is -0.329. The molecule has 0 saturated carbocycles. The number of benzene rings is 1. The molecule has 0 spiro atoms. The van der Waals surface area contributed by atoms with E-state index in [1.54, 1.807) is 13.0 Å². The van der Waals surface area contributed by atoms with Crippen LogP contribution in [0.5, 0.6) is 11.5 Å². The van der Waals surface area contributed by atoms with E-state index in [1.165, 1.54) is 12.1 Å². The highest BCUT2D eigenvalue weighted by Gasteiger charge is 2.12. The van der Waals surface area contributed by atoms with Crippen LogP contribution in [0.3, 0.4) is 0 Å². The normalized spacial score (nSPS) is 12.1. The standard InChI is InChI=1S/C13H20N2O3/c1-3-6-14-13(18)9(2)15-8-10-4-5-11(16)7-12(10)17/h4-5,7,9,15-17H,3,6,8H2,1-2H3,(H,14,18). The first-order chi connectivity index (χ1) is 8.54. The van der Waals surface area contributed by atoms with Gasteiger partial charge in [0.15, 0.2) is 0 Å². The van der Waals surface area contributed by atoms with Gasteiger partial charge in [-0.3, -0.25) is 4.79 Å². The summed E-state index contributed by atoms with van der Waals surface area (Å²) < 4.78 is 0. The first-order valence-corrected chi connectivity index (χ1v) is 6.06. The van der Waals surface area contributed by atoms with Gasteiger partial charge in [0, 0.05) is 24.7 Å². The molecule has 0 radical (unpaired) electrons. The van der Waals surface area contributed by atoms with Gasteiger partial charge in [-0.05, 0) is 19.4 Å². The van der Waals surface area contributed by atoms with Crippen LogP contribution in [0.1, 0.15) is 25.8 Å². The Morgan fingerprint density at radius 2 is 2.11 bits per heavy atom. The Hall–Kier alpha value is -1.75. The van der Waals surface area contributed by atoms with E-state index in [1.807, 2.05) is 6.92 Å². The van der Waals surface area contributed by atoms with Crippen molar-refractivity contribution >= 4 is 5.91 Å². The van der Waals surface area contributed by atoms with E-state index in [9.17, 15) is 9.90 Å². The lowest BCUT2D eigenvalue weighted by molar-refractivity contribution is -0.122. The summed E-state index contributed by atoms with van der Waals surface area (Å²) in [5.74, 6) is -0.0243. The van der Waals surface area contributed by atoms with Crippen molar-refractivity contribution < 1.29 is 15.0 Å². The largest absolute Gasteiger partial charge is 0.508 e. The highest BCUT2D eigenvalue weighted by atomic mass is 16.3. The minimum absolute atomic E-state index is 0.0173. The smallest absolute Gasteiger partial charge is 0.236 e. The van der Waals surface area contributed by atoms with Crippen LogP contribution >= 0.6 is 0 Å². The number of aromatic hydroxyl groups is 2. The van der Waals surface area contributed by atoms with Gasteiger partial charge in [-0.15, -0.1) is 0 Å². The van der Waals surface area contributed by atoms with Crippen molar-refractivity contribution in [3.05, 3.63) is 23.8 Å². The first kappa shape index (κ1) is 14.3. The van der Waals surface area contributed by atoms with E-state index in [2.05, 4.69) is 10.6 Å². The molecule has 1 aromatic rings. The van der Waals surface area contributed by atoms with Gasteiger partial charge in [-0.25, -0.2) is 0 Å². The minimum Gasteiger partial charge on any atom is -0.508 e. The van der Waals surface area contributed by atoms with Crippen LogP contribution < -0.4 is 10.6 Å². The van der Waals surface area contributed by atoms with Gasteiger partial charge < -0.3 is 20.8 Å². The SMILES string of the molecule is CCCNC(=O)C(C)NCc1ccc(O)cc1O. The lowest BCUT2D eigenvalue weighted by Crippen LogP contribution is -2.42. The van der Waals surface area contributed by atoms with Crippen molar-refractivity contribution in [2.24, 2.45) is 0 Å². The highest BCUT2D eigenvalue weighted by Crippen LogP contribution is 2.22. The van der Waals surface area contributed by atoms with Crippen molar-refractivity contribution in [1.82, 2.24) is 10.6 Å². The number of rotatable bonds is 6. The molecule has 1 aromatic carbocycles. The quantitative estimate of drug-likeness (QED) is 0.611. The van der Waals surface area contributed by atoms with Crippen molar-refractivity contribution in [3.8, 4) is 11.5 Å². The lowest BCUT2D eigenvalue weighted by atomic mass is 10.2. The maximum atomic E-state index is 11.6. The number of hydrogen-bond acceptors (Lipinski definition) is 4. The summed E-state index contributed by atoms with van der Waals surface area (Å²) in [6, 6.07) is 4.07. The molecule has 1 atom stereocenters. The molecular weight excluding hydrogens is 232 g/mol. The zero-order chi connectivity index (χ0) is 13.5. The number of phenolic OH excluding ortho intramolecular Hbond substituents is 2. The number of carbonyl (C=O) groups is 1. The molecule has 0 aliphatic heterocycles. The van der Waals surface area contributed by atoms with Gasteiger partial charge in [0.1, 0.15) is 11.5 Å². The number of hydrogen-bond donors (Lipinski definition) is 4. The van der Waals surface area contributed by atoms with Crippen molar-refractivity contribution in [2.45, 2.75) is 32.9 Å². The third kappa shape index (κ3) is 4.25. The summed E-state index contributed by atoms with van der Waals surface area (Å²) in [5.41, 5.74) is 0.642. The second kappa shape index (κ2) is 6.86. The summed E-state index contributed by atoms with van der Waals surface area (Å²) >= 11 is 0. The maximum absolute atomic E-state index is 11.6. The van der Waals surface area contributed by atoms with E-state index in [0.29, 0.717) is 18.7 Å². The molecule has 4 N–H and O–H groups in total. The van der Waals surface area contributed by atoms with Crippen molar-refractivity contribution in [3.63, 3.8) is 0 Å². The predicted molar refractivity (Wildman–Crippen MR) is 69.4 cm³/mol. The number of carbonyl (C=O) groups excluding carboxylic acids is 1. The van der Waals surface area contributed by atoms with Crippen molar-refractivity contribution in [2.75, 3.05) is 6.54 Å². The molecule has 0 fully saturated rings. The first-order valence-electron chi connectivity index (χ1n) is 6.06. The molecule has 0 saturated heterocycles. The lowest BCUT2D eigenvalue weighted by Gasteiger charge is -2.14. The highest BCUT2D eigenvalue weighted by molar-refractivity contribution is 5.81. The second-order valence-corrected chi connectivity index (χ2v) is 4.21. The van der Waals surface area contributed by atoms with Gasteiger partial charge in [0.2, 0.25) is 5.91 Å². The molecule has 1 rings (SSSR count). The average Bonchev–Trinajstić information content (AvgIpc) is 2.34. The van der Waals surface area contributed by atoms with Crippen LogP contribution in [0, 0.1) is 0 Å². The molecule has 0 heterocycles. The summed E-state index contributed by atoms with van der Waals surface area (Å²) in [6.45, 7) is 4.79. The molecule has 1 amide bonds. The van der Waals surface area contributed by atoms with E-state index >= 15 is 0 Å². The predicted octanol–water partition coefficient (Wildman–Crippen LogP) is 1.10. The van der Waals surface area contributed by atoms with Gasteiger partial charge >= 0.3 is 0 Å². The fourth-order valence-corrected chi connectivity index (χ4v) is 1.46. The molecule has 100 valence electrons. The van der Waals surface area contributed by atoms with E-state index in [-0.39, 0.29) is 23.4 Å². The number of phenols is 2. The third-order valence-corrected chi connectivity index (χ3v) is 2.61. The van der Waals surface area contributed by atoms with Gasteiger partial charge in [0.25, 0.3) is 0 Å². The Morgan fingerprint density at radius 1 is 1.39 bits per heavy atom. The Kier molecular flexibility index (Phi) is 5.45. The summed E-state index contributed by atoms with van der Waals surface area (Å²) in [7, 11) is 0. The summed E-state index contributed by atoms with van der Waals surface area (Å²) in [4.78, 5) is 11.6. The molecule has 1 unspecified atom stereocenters. The molecular formula is C13H20N2O3. The molecule has 0 bridgehead atoms. The third-order valence-electron chi connectivity index (χ3n) is 2.61. The van der Waals surface area contributed by atoms with E-state index < -0.39 is 0 Å². The fourth-order valence-electron chi connectivity index (χ4n) is 1.46. The van der Waals surface area contributed by atoms with Crippen LogP contribution in [-0.4, -0.2) is 28.7 Å². The topological polar surface area (TPSA) is 81.6 Å². The Labute approximate surface area is 107 Å². The number of amides is 1. The monoisotopic (exact) mass is 252 g/mol. The molecule has 18 heavy (non-hydrogen) atoms. The summed E-state index contributed by atoms with van der Waals surface area (Å²) in [5, 5.41) is 24.5. The number of nitrogens with one attached hydrogen (secondary N) is 2. The average molecular weight is 252 g/mol. The Bertz CT molecular complexity index is 407. The van der Waals surface area contributed by atoms with Gasteiger partial charge in [-0.2, -0.15) is 0 Å². The van der Waals surface area contributed by atoms with Gasteiger partial charge in [-0.1, -0.05) is 13.0 Å². The van der Waals surface area contributed by atoms with E-state index in [4.69, 9.17) is 5.11 Å². The molecule has 5 nitrogen and oxygen atoms in total. The molecule has 0 aromatic heterocycles. The van der Waals surface area contributed by atoms with E-state index in [0.717, 1.165) is 6.42 Å².